The number of nitrogens with zero attached hydrogens (tertiary/aromatic N) is 5. The van der Waals surface area contributed by atoms with Crippen LogP contribution in [0.2, 0.25) is 0 Å². The maximum absolute atomic E-state index is 6.34. The molecule has 0 saturated carbocycles. The minimum atomic E-state index is -0.578. The maximum atomic E-state index is 6.34. The molecule has 0 amide bonds. The van der Waals surface area contributed by atoms with Crippen LogP contribution in [0.5, 0.6) is 0 Å². The summed E-state index contributed by atoms with van der Waals surface area (Å²) in [5.41, 5.74) is 13.3. The molecule has 0 saturated heterocycles. The second kappa shape index (κ2) is 13.9. The SMILES string of the molecule is c1ccc(-c2nc(-c3cc(-c4nc5ccccc5o4)cc(-c4nc5ccccc5o4)c3)nc(-c3cccc4c3-c3ccccc3C4(c3ccccc3)c3ccccc3)n2)cc1. The van der Waals surface area contributed by atoms with Gasteiger partial charge in [-0.1, -0.05) is 158 Å². The van der Waals surface area contributed by atoms with Gasteiger partial charge in [-0.05, 0) is 75.8 Å². The number of fused-ring (bicyclic) bond motifs is 5. The molecule has 286 valence electrons. The summed E-state index contributed by atoms with van der Waals surface area (Å²) in [5, 5.41) is 0. The third-order valence-electron chi connectivity index (χ3n) is 11.7. The summed E-state index contributed by atoms with van der Waals surface area (Å²) in [6.07, 6.45) is 0. The van der Waals surface area contributed by atoms with Crippen molar-refractivity contribution >= 4 is 22.2 Å². The van der Waals surface area contributed by atoms with Crippen molar-refractivity contribution < 1.29 is 8.83 Å². The van der Waals surface area contributed by atoms with Gasteiger partial charge in [-0.15, -0.1) is 0 Å². The molecule has 0 atom stereocenters. The lowest BCUT2D eigenvalue weighted by atomic mass is 9.67. The number of benzene rings is 8. The second-order valence-corrected chi connectivity index (χ2v) is 15.2. The molecule has 1 aliphatic carbocycles. The van der Waals surface area contributed by atoms with E-state index in [0.717, 1.165) is 50.0 Å². The van der Waals surface area contributed by atoms with Crippen molar-refractivity contribution in [2.75, 3.05) is 0 Å². The molecular weight excluding hydrogens is 751 g/mol. The van der Waals surface area contributed by atoms with Crippen LogP contribution in [-0.2, 0) is 5.41 Å². The molecule has 61 heavy (non-hydrogen) atoms. The zero-order valence-corrected chi connectivity index (χ0v) is 32.6. The van der Waals surface area contributed by atoms with Gasteiger partial charge in [0.15, 0.2) is 28.6 Å². The lowest BCUT2D eigenvalue weighted by Gasteiger charge is -2.33. The average Bonchev–Trinajstić information content (AvgIpc) is 4.06. The van der Waals surface area contributed by atoms with E-state index in [9.17, 15) is 0 Å². The summed E-state index contributed by atoms with van der Waals surface area (Å²) in [4.78, 5) is 25.6. The van der Waals surface area contributed by atoms with Gasteiger partial charge in [0.25, 0.3) is 0 Å². The molecular formula is C54H33N5O2. The zero-order valence-electron chi connectivity index (χ0n) is 32.6. The van der Waals surface area contributed by atoms with Crippen molar-refractivity contribution in [1.82, 2.24) is 24.9 Å². The van der Waals surface area contributed by atoms with Crippen LogP contribution in [0.3, 0.4) is 0 Å². The highest BCUT2D eigenvalue weighted by Gasteiger charge is 2.47. The summed E-state index contributed by atoms with van der Waals surface area (Å²) in [7, 11) is 0. The van der Waals surface area contributed by atoms with Gasteiger partial charge < -0.3 is 8.83 Å². The minimum absolute atomic E-state index is 0.466. The Labute approximate surface area is 350 Å². The fourth-order valence-corrected chi connectivity index (χ4v) is 9.02. The lowest BCUT2D eigenvalue weighted by molar-refractivity contribution is 0.617. The molecule has 12 rings (SSSR count). The first-order valence-electron chi connectivity index (χ1n) is 20.2. The van der Waals surface area contributed by atoms with Crippen molar-refractivity contribution in [3.63, 3.8) is 0 Å². The Kier molecular flexibility index (Phi) is 7.93. The molecule has 0 aliphatic heterocycles. The van der Waals surface area contributed by atoms with Crippen molar-refractivity contribution in [3.8, 4) is 68.2 Å². The normalized spacial score (nSPS) is 12.7. The number of aromatic nitrogens is 5. The van der Waals surface area contributed by atoms with E-state index in [2.05, 4.69) is 103 Å². The van der Waals surface area contributed by atoms with Crippen molar-refractivity contribution in [3.05, 3.63) is 222 Å². The van der Waals surface area contributed by atoms with Crippen LogP contribution in [0.4, 0.5) is 0 Å². The van der Waals surface area contributed by atoms with E-state index in [4.69, 9.17) is 33.8 Å². The molecule has 8 aromatic carbocycles. The fourth-order valence-electron chi connectivity index (χ4n) is 9.02. The second-order valence-electron chi connectivity index (χ2n) is 15.2. The Morgan fingerprint density at radius 3 is 1.39 bits per heavy atom. The highest BCUT2D eigenvalue weighted by atomic mass is 16.4. The number of para-hydroxylation sites is 4. The third kappa shape index (κ3) is 5.63. The first-order chi connectivity index (χ1) is 30.2. The molecule has 7 nitrogen and oxygen atoms in total. The Morgan fingerprint density at radius 1 is 0.328 bits per heavy atom. The van der Waals surface area contributed by atoms with Gasteiger partial charge >= 0.3 is 0 Å². The standard InChI is InChI=1S/C54H33N5O2/c1-4-17-34(18-5-1)49-57-50(35-31-36(52-55-44-27-12-14-29-46(44)60-52)33-37(32-35)53-56-45-28-13-15-30-47(45)61-53)59-51(58-49)41-24-16-26-43-48(41)40-23-10-11-25-42(40)54(43,38-19-6-2-7-20-38)39-21-8-3-9-22-39/h1-33H. The summed E-state index contributed by atoms with van der Waals surface area (Å²) in [6, 6.07) is 68.5. The summed E-state index contributed by atoms with van der Waals surface area (Å²) in [5.74, 6) is 2.53. The molecule has 0 bridgehead atoms. The van der Waals surface area contributed by atoms with Crippen LogP contribution in [0.1, 0.15) is 22.3 Å². The number of oxazole rings is 2. The van der Waals surface area contributed by atoms with Crippen LogP contribution in [0.25, 0.3) is 90.4 Å². The number of hydrogen-bond donors (Lipinski definition) is 0. The van der Waals surface area contributed by atoms with Gasteiger partial charge in [0.1, 0.15) is 11.0 Å². The van der Waals surface area contributed by atoms with E-state index in [-0.39, 0.29) is 0 Å². The first kappa shape index (κ1) is 34.7. The van der Waals surface area contributed by atoms with Gasteiger partial charge in [0.2, 0.25) is 11.8 Å². The monoisotopic (exact) mass is 783 g/mol. The molecule has 11 aromatic rings. The van der Waals surface area contributed by atoms with Crippen LogP contribution >= 0.6 is 0 Å². The van der Waals surface area contributed by atoms with Crippen LogP contribution in [0.15, 0.2) is 209 Å². The van der Waals surface area contributed by atoms with Gasteiger partial charge in [-0.25, -0.2) is 24.9 Å². The van der Waals surface area contributed by atoms with Gasteiger partial charge in [-0.3, -0.25) is 0 Å². The minimum Gasteiger partial charge on any atom is -0.436 e. The first-order valence-corrected chi connectivity index (χ1v) is 20.2. The largest absolute Gasteiger partial charge is 0.436 e. The Hall–Kier alpha value is -8.29. The van der Waals surface area contributed by atoms with E-state index < -0.39 is 5.41 Å². The molecule has 0 N–H and O–H groups in total. The van der Waals surface area contributed by atoms with Crippen molar-refractivity contribution in [1.29, 1.82) is 0 Å². The van der Waals surface area contributed by atoms with Crippen LogP contribution in [-0.4, -0.2) is 24.9 Å². The molecule has 0 fully saturated rings. The Balaban J connectivity index is 1.12. The van der Waals surface area contributed by atoms with E-state index in [0.29, 0.717) is 40.4 Å². The Bertz CT molecular complexity index is 3230. The number of hydrogen-bond acceptors (Lipinski definition) is 7. The smallest absolute Gasteiger partial charge is 0.227 e. The van der Waals surface area contributed by atoms with Crippen molar-refractivity contribution in [2.24, 2.45) is 0 Å². The van der Waals surface area contributed by atoms with E-state index in [1.54, 1.807) is 0 Å². The fraction of sp³-hybridized carbons (Fsp3) is 0.0185. The van der Waals surface area contributed by atoms with E-state index in [1.807, 2.05) is 97.1 Å². The molecule has 0 radical (unpaired) electrons. The summed E-state index contributed by atoms with van der Waals surface area (Å²) < 4.78 is 12.7. The molecule has 3 heterocycles. The highest BCUT2D eigenvalue weighted by molar-refractivity contribution is 5.94. The third-order valence-corrected chi connectivity index (χ3v) is 11.7. The molecule has 3 aromatic heterocycles. The molecule has 0 spiro atoms. The van der Waals surface area contributed by atoms with Gasteiger partial charge in [0, 0.05) is 27.8 Å². The van der Waals surface area contributed by atoms with Gasteiger partial charge in [-0.2, -0.15) is 0 Å². The zero-order chi connectivity index (χ0) is 40.3. The molecule has 1 aliphatic rings. The van der Waals surface area contributed by atoms with E-state index in [1.165, 1.54) is 22.3 Å². The highest BCUT2D eigenvalue weighted by Crippen LogP contribution is 2.58. The topological polar surface area (TPSA) is 90.7 Å². The lowest BCUT2D eigenvalue weighted by Crippen LogP contribution is -2.28. The van der Waals surface area contributed by atoms with Crippen LogP contribution < -0.4 is 0 Å². The Morgan fingerprint density at radius 2 is 0.787 bits per heavy atom. The summed E-state index contributed by atoms with van der Waals surface area (Å²) >= 11 is 0. The maximum Gasteiger partial charge on any atom is 0.227 e. The average molecular weight is 784 g/mol. The summed E-state index contributed by atoms with van der Waals surface area (Å²) in [6.45, 7) is 0. The predicted octanol–water partition coefficient (Wildman–Crippen LogP) is 12.9. The van der Waals surface area contributed by atoms with Crippen molar-refractivity contribution in [2.45, 2.75) is 5.41 Å². The van der Waals surface area contributed by atoms with E-state index >= 15 is 0 Å². The number of rotatable bonds is 7. The quantitative estimate of drug-likeness (QED) is 0.159. The predicted molar refractivity (Wildman–Crippen MR) is 239 cm³/mol. The van der Waals surface area contributed by atoms with Gasteiger partial charge in [0.05, 0.1) is 5.41 Å². The molecule has 7 heteroatoms. The molecule has 0 unspecified atom stereocenters. The van der Waals surface area contributed by atoms with Crippen LogP contribution in [0, 0.1) is 0 Å².